The summed E-state index contributed by atoms with van der Waals surface area (Å²) in [5.41, 5.74) is 38.6. The normalized spacial score (nSPS) is 13.9. The molecule has 4 aliphatic rings. The van der Waals surface area contributed by atoms with Crippen LogP contribution in [0.25, 0.3) is 82.5 Å². The van der Waals surface area contributed by atoms with Gasteiger partial charge in [-0.3, -0.25) is 0 Å². The van der Waals surface area contributed by atoms with Gasteiger partial charge in [0.15, 0.2) is 0 Å². The third-order valence-electron chi connectivity index (χ3n) is 26.6. The average molecular weight is 1500 g/mol. The summed E-state index contributed by atoms with van der Waals surface area (Å²) >= 11 is 0. The van der Waals surface area contributed by atoms with Gasteiger partial charge < -0.3 is 28.4 Å². The Balaban J connectivity index is 0.694. The van der Waals surface area contributed by atoms with Crippen molar-refractivity contribution in [2.75, 3.05) is 14.7 Å². The van der Waals surface area contributed by atoms with Crippen LogP contribution >= 0.6 is 0 Å². The van der Waals surface area contributed by atoms with E-state index in [1.54, 1.807) is 0 Å². The van der Waals surface area contributed by atoms with E-state index in [-0.39, 0.29) is 45.9 Å². The topological polar surface area (TPSA) is 24.5 Å². The fraction of sp³-hybridized carbons (Fsp3) is 0.222. The Kier molecular flexibility index (Phi) is 15.5. The Labute approximate surface area is 684 Å². The van der Waals surface area contributed by atoms with E-state index in [0.717, 1.165) is 29.2 Å². The molecule has 0 saturated heterocycles. The number of para-hydroxylation sites is 3. The van der Waals surface area contributed by atoms with Crippen molar-refractivity contribution in [3.05, 3.63) is 324 Å². The van der Waals surface area contributed by atoms with Crippen LogP contribution in [0, 0.1) is 0 Å². The number of rotatable bonds is 9. The van der Waals surface area contributed by atoms with E-state index < -0.39 is 0 Å². The predicted octanol–water partition coefficient (Wildman–Crippen LogP) is 24.7. The molecular formula is C108H100B2N6. The zero-order valence-electron chi connectivity index (χ0n) is 70.2. The number of hydrogen-bond donors (Lipinski definition) is 0. The highest BCUT2D eigenvalue weighted by atomic mass is 15.2. The maximum absolute atomic E-state index is 2.65. The summed E-state index contributed by atoms with van der Waals surface area (Å²) in [5, 5.41) is 7.65. The van der Waals surface area contributed by atoms with Crippen molar-refractivity contribution in [2.24, 2.45) is 0 Å². The Bertz CT molecular complexity index is 6920. The number of fused-ring (bicyclic) bond motifs is 19. The Morgan fingerprint density at radius 1 is 0.250 bits per heavy atom. The highest BCUT2D eigenvalue weighted by Crippen LogP contribution is 2.50. The number of benzene rings is 14. The molecule has 0 spiro atoms. The molecule has 6 nitrogen and oxygen atoms in total. The smallest absolute Gasteiger partial charge is 0.252 e. The predicted molar refractivity (Wildman–Crippen MR) is 499 cm³/mol. The van der Waals surface area contributed by atoms with Crippen molar-refractivity contribution in [3.8, 4) is 17.1 Å². The molecular weight excluding hydrogens is 1400 g/mol. The van der Waals surface area contributed by atoms with Gasteiger partial charge in [0, 0.05) is 101 Å². The van der Waals surface area contributed by atoms with Crippen LogP contribution in [0.3, 0.4) is 0 Å². The van der Waals surface area contributed by atoms with Crippen molar-refractivity contribution < 1.29 is 0 Å². The number of aromatic nitrogens is 3. The molecule has 0 bridgehead atoms. The molecule has 0 fully saturated rings. The summed E-state index contributed by atoms with van der Waals surface area (Å²) < 4.78 is 7.78. The minimum Gasteiger partial charge on any atom is -0.311 e. The molecule has 116 heavy (non-hydrogen) atoms. The lowest BCUT2D eigenvalue weighted by Gasteiger charge is -2.41. The first kappa shape index (κ1) is 71.8. The maximum atomic E-state index is 2.65. The van der Waals surface area contributed by atoms with Crippen LogP contribution in [0.15, 0.2) is 285 Å². The van der Waals surface area contributed by atoms with Crippen molar-refractivity contribution in [1.82, 2.24) is 13.7 Å². The Hall–Kier alpha value is -12.0. The maximum Gasteiger partial charge on any atom is 0.252 e. The van der Waals surface area contributed by atoms with Gasteiger partial charge in [-0.25, -0.2) is 0 Å². The zero-order chi connectivity index (χ0) is 79.9. The van der Waals surface area contributed by atoms with Crippen molar-refractivity contribution in [2.45, 2.75) is 157 Å². The highest BCUT2D eigenvalue weighted by molar-refractivity contribution is 7.01. The van der Waals surface area contributed by atoms with Crippen LogP contribution in [-0.2, 0) is 38.9 Å². The second kappa shape index (κ2) is 25.0. The molecule has 3 aromatic heterocycles. The van der Waals surface area contributed by atoms with Crippen LogP contribution in [0.1, 0.15) is 157 Å². The molecule has 14 aromatic carbocycles. The summed E-state index contributed by atoms with van der Waals surface area (Å²) in [6, 6.07) is 111. The third-order valence-corrected chi connectivity index (χ3v) is 26.6. The van der Waals surface area contributed by atoms with Crippen LogP contribution < -0.4 is 47.5 Å². The fourth-order valence-electron chi connectivity index (χ4n) is 20.3. The molecule has 0 aliphatic carbocycles. The minimum absolute atomic E-state index is 0.0191. The lowest BCUT2D eigenvalue weighted by atomic mass is 9.33. The number of nitrogens with zero attached hydrogens (tertiary/aromatic N) is 6. The molecule has 4 aliphatic heterocycles. The van der Waals surface area contributed by atoms with Gasteiger partial charge in [0.05, 0.1) is 33.1 Å². The molecule has 0 radical (unpaired) electrons. The first-order valence-electron chi connectivity index (χ1n) is 42.0. The second-order valence-corrected chi connectivity index (χ2v) is 39.6. The molecule has 0 saturated carbocycles. The highest BCUT2D eigenvalue weighted by Gasteiger charge is 2.46. The van der Waals surface area contributed by atoms with Gasteiger partial charge in [-0.15, -0.1) is 0 Å². The molecule has 0 amide bonds. The Morgan fingerprint density at radius 3 is 1.12 bits per heavy atom. The van der Waals surface area contributed by atoms with Gasteiger partial charge in [0.25, 0.3) is 13.4 Å². The summed E-state index contributed by atoms with van der Waals surface area (Å²) in [5.74, 6) is 0. The van der Waals surface area contributed by atoms with E-state index in [0.29, 0.717) is 0 Å². The summed E-state index contributed by atoms with van der Waals surface area (Å²) in [7, 11) is 0. The van der Waals surface area contributed by atoms with Gasteiger partial charge in [-0.1, -0.05) is 269 Å². The molecule has 21 rings (SSSR count). The van der Waals surface area contributed by atoms with E-state index >= 15 is 0 Å². The Morgan fingerprint density at radius 2 is 0.629 bits per heavy atom. The number of anilines is 9. The van der Waals surface area contributed by atoms with Crippen molar-refractivity contribution in [1.29, 1.82) is 0 Å². The quantitative estimate of drug-likeness (QED) is 0.135. The lowest BCUT2D eigenvalue weighted by Crippen LogP contribution is -2.60. The lowest BCUT2D eigenvalue weighted by molar-refractivity contribution is 0.523. The second-order valence-electron chi connectivity index (χ2n) is 39.6. The van der Waals surface area contributed by atoms with Gasteiger partial charge >= 0.3 is 0 Å². The van der Waals surface area contributed by atoms with Crippen molar-refractivity contribution >= 4 is 163 Å². The first-order valence-corrected chi connectivity index (χ1v) is 42.0. The van der Waals surface area contributed by atoms with Crippen LogP contribution in [-0.4, -0.2) is 27.1 Å². The monoisotopic (exact) mass is 1500 g/mol. The van der Waals surface area contributed by atoms with E-state index in [2.05, 4.69) is 431 Å². The van der Waals surface area contributed by atoms with Gasteiger partial charge in [-0.05, 0) is 244 Å². The van der Waals surface area contributed by atoms with Gasteiger partial charge in [-0.2, -0.15) is 0 Å². The average Bonchev–Trinajstić information content (AvgIpc) is 1.47. The molecule has 17 aromatic rings. The van der Waals surface area contributed by atoms with Crippen LogP contribution in [0.5, 0.6) is 0 Å². The van der Waals surface area contributed by atoms with E-state index in [1.165, 1.54) is 183 Å². The number of hydrogen-bond acceptors (Lipinski definition) is 3. The standard InChI is InChI=1S/C108H100B2N6/c1-103(2,3)67-33-43-75(44-34-67)112-93-55-38-70(106(10,11)12)61-87(93)109-85-51-47-77(63-97(85)115-91-53-37-69(105(7,8)9)59-83(91)81-49-57-95(112)99(109)101(81)115)111(73-25-19-18-20-26-73)74-41-31-66(32-42-74)65-108(16,17)72-40-54-92-84(60-72)82-50-58-96-100-102(82)116(92)98-64-78(114-89-29-23-21-27-79(89)80-28-22-24-30-90(80)114)48-52-86(98)110(100)88-62-71(107(13,14)15)39-56-94(88)113(96)76-45-35-68(36-46-76)104(4,5)6/h18-64H,65H2,1-17H3. The minimum atomic E-state index is -0.257. The van der Waals surface area contributed by atoms with Gasteiger partial charge in [0.2, 0.25) is 0 Å². The molecule has 0 atom stereocenters. The molecule has 7 heterocycles. The van der Waals surface area contributed by atoms with Crippen LogP contribution in [0.4, 0.5) is 51.2 Å². The third kappa shape index (κ3) is 10.9. The molecule has 0 unspecified atom stereocenters. The van der Waals surface area contributed by atoms with E-state index in [9.17, 15) is 0 Å². The molecule has 8 heteroatoms. The SMILES string of the molecule is CC(C)(C)c1ccc(N2c3ccc(C(C)(C)C)cc3B3c4ccc(N(c5ccccc5)c5ccc(CC(C)(C)c6ccc7c(c6)c6ccc8c9c6n7-c6cc(-n7c%10ccccc%10c%10ccccc%107)ccc6B9c6cc(C(C)(C)C)ccc6N8c6ccc(C(C)(C)C)cc6)cc5)cc4-n4c5ccc(C(C)(C)C)cc5c5ccc2c3c54)cc1. The molecule has 0 N–H and O–H groups in total. The van der Waals surface area contributed by atoms with E-state index in [1.807, 2.05) is 0 Å². The van der Waals surface area contributed by atoms with Crippen molar-refractivity contribution in [3.63, 3.8) is 0 Å². The summed E-state index contributed by atoms with van der Waals surface area (Å²) in [6.07, 6.45) is 0.842. The van der Waals surface area contributed by atoms with E-state index in [4.69, 9.17) is 0 Å². The summed E-state index contributed by atoms with van der Waals surface area (Å²) in [4.78, 5) is 7.61. The summed E-state index contributed by atoms with van der Waals surface area (Å²) in [6.45, 7) is 39.8. The largest absolute Gasteiger partial charge is 0.311 e. The first-order chi connectivity index (χ1) is 55.4. The van der Waals surface area contributed by atoms with Gasteiger partial charge in [0.1, 0.15) is 0 Å². The fourth-order valence-corrected chi connectivity index (χ4v) is 20.3. The van der Waals surface area contributed by atoms with Crippen LogP contribution in [0.2, 0.25) is 0 Å². The molecule has 568 valence electrons. The zero-order valence-corrected chi connectivity index (χ0v) is 70.2.